The standard InChI is InChI=1S/C24H28FN5O2S/c25-17-2-1-16-14-26-21(19(16)13-17)15-3-8-30(9-4-15)24-28-20-7-12-33(31)22(20)23(29-24)27-18-5-10-32-11-6-18/h1-2,13,15,18H,3-12,14H2,(H,27,28,29). The summed E-state index contributed by atoms with van der Waals surface area (Å²) in [5.74, 6) is 2.21. The zero-order valence-electron chi connectivity index (χ0n) is 18.6. The molecule has 2 aromatic rings. The summed E-state index contributed by atoms with van der Waals surface area (Å²) in [4.78, 5) is 17.5. The van der Waals surface area contributed by atoms with Crippen LogP contribution in [-0.2, 0) is 28.9 Å². The van der Waals surface area contributed by atoms with Crippen molar-refractivity contribution in [2.24, 2.45) is 10.9 Å². The highest BCUT2D eigenvalue weighted by Crippen LogP contribution is 2.35. The Morgan fingerprint density at radius 3 is 2.76 bits per heavy atom. The monoisotopic (exact) mass is 469 g/mol. The summed E-state index contributed by atoms with van der Waals surface area (Å²) in [5.41, 5.74) is 4.07. The molecular weight excluding hydrogens is 441 g/mol. The van der Waals surface area contributed by atoms with E-state index in [-0.39, 0.29) is 11.9 Å². The van der Waals surface area contributed by atoms with Crippen LogP contribution in [0, 0.1) is 11.7 Å². The van der Waals surface area contributed by atoms with E-state index < -0.39 is 11.2 Å². The Morgan fingerprint density at radius 1 is 1.12 bits per heavy atom. The van der Waals surface area contributed by atoms with Crippen molar-refractivity contribution in [1.82, 2.24) is 9.97 Å². The Kier molecular flexibility index (Phi) is 5.72. The third-order valence-electron chi connectivity index (χ3n) is 7.17. The number of rotatable bonds is 4. The molecule has 0 aliphatic carbocycles. The number of piperidine rings is 1. The summed E-state index contributed by atoms with van der Waals surface area (Å²) < 4.78 is 31.9. The molecule has 174 valence electrons. The molecule has 0 bridgehead atoms. The molecule has 33 heavy (non-hydrogen) atoms. The van der Waals surface area contributed by atoms with E-state index in [9.17, 15) is 8.94 Å². The van der Waals surface area contributed by atoms with Gasteiger partial charge in [-0.15, -0.1) is 0 Å². The van der Waals surface area contributed by atoms with Gasteiger partial charge in [-0.1, -0.05) is 6.07 Å². The topological polar surface area (TPSA) is 85.7 Å². The van der Waals surface area contributed by atoms with E-state index in [0.717, 1.165) is 97.6 Å². The summed E-state index contributed by atoms with van der Waals surface area (Å²) in [5, 5.41) is 3.56. The van der Waals surface area contributed by atoms with Crippen LogP contribution in [-0.4, -0.2) is 58.3 Å². The number of ether oxygens (including phenoxy) is 1. The predicted molar refractivity (Wildman–Crippen MR) is 126 cm³/mol. The molecule has 0 radical (unpaired) electrons. The van der Waals surface area contributed by atoms with Crippen molar-refractivity contribution >= 4 is 28.7 Å². The van der Waals surface area contributed by atoms with Crippen LogP contribution in [0.5, 0.6) is 0 Å². The van der Waals surface area contributed by atoms with Gasteiger partial charge in [0.05, 0.1) is 6.54 Å². The lowest BCUT2D eigenvalue weighted by molar-refractivity contribution is 0.0903. The van der Waals surface area contributed by atoms with Crippen molar-refractivity contribution in [3.63, 3.8) is 0 Å². The highest BCUT2D eigenvalue weighted by molar-refractivity contribution is 7.91. The number of nitrogens with zero attached hydrogens (tertiary/aromatic N) is 4. The molecule has 4 aliphatic heterocycles. The molecule has 0 spiro atoms. The van der Waals surface area contributed by atoms with E-state index in [1.165, 1.54) is 6.07 Å². The average molecular weight is 470 g/mol. The number of anilines is 2. The predicted octanol–water partition coefficient (Wildman–Crippen LogP) is 3.09. The molecule has 6 rings (SSSR count). The van der Waals surface area contributed by atoms with E-state index in [4.69, 9.17) is 19.7 Å². The molecule has 1 unspecified atom stereocenters. The smallest absolute Gasteiger partial charge is 0.227 e. The van der Waals surface area contributed by atoms with Crippen LogP contribution < -0.4 is 10.2 Å². The first-order valence-electron chi connectivity index (χ1n) is 11.9. The van der Waals surface area contributed by atoms with Crippen molar-refractivity contribution in [2.75, 3.05) is 42.3 Å². The highest BCUT2D eigenvalue weighted by atomic mass is 32.2. The second-order valence-corrected chi connectivity index (χ2v) is 10.8. The van der Waals surface area contributed by atoms with Crippen LogP contribution in [0.2, 0.25) is 0 Å². The highest BCUT2D eigenvalue weighted by Gasteiger charge is 2.35. The first-order valence-corrected chi connectivity index (χ1v) is 13.2. The molecule has 0 saturated carbocycles. The Hall–Kier alpha value is -2.23. The summed E-state index contributed by atoms with van der Waals surface area (Å²) in [7, 11) is 0. The van der Waals surface area contributed by atoms with Gasteiger partial charge >= 0.3 is 0 Å². The van der Waals surface area contributed by atoms with Crippen molar-refractivity contribution in [2.45, 2.75) is 49.6 Å². The molecule has 2 saturated heterocycles. The third kappa shape index (κ3) is 4.11. The van der Waals surface area contributed by atoms with E-state index in [1.54, 1.807) is 6.07 Å². The number of hydrogen-bond acceptors (Lipinski definition) is 7. The van der Waals surface area contributed by atoms with E-state index in [0.29, 0.717) is 18.2 Å². The summed E-state index contributed by atoms with van der Waals surface area (Å²) in [6.45, 7) is 3.79. The van der Waals surface area contributed by atoms with Crippen LogP contribution >= 0.6 is 0 Å². The molecule has 2 fully saturated rings. The Labute approximate surface area is 196 Å². The van der Waals surface area contributed by atoms with Gasteiger partial charge in [0.15, 0.2) is 5.82 Å². The minimum absolute atomic E-state index is 0.200. The fraction of sp³-hybridized carbons (Fsp3) is 0.542. The van der Waals surface area contributed by atoms with Crippen LogP contribution in [0.1, 0.15) is 42.5 Å². The first kappa shape index (κ1) is 21.3. The van der Waals surface area contributed by atoms with Crippen LogP contribution in [0.15, 0.2) is 28.1 Å². The molecule has 1 aromatic heterocycles. The van der Waals surface area contributed by atoms with Gasteiger partial charge in [-0.25, -0.2) is 9.37 Å². The molecule has 4 aliphatic rings. The summed E-state index contributed by atoms with van der Waals surface area (Å²) >= 11 is -1.04. The molecule has 5 heterocycles. The molecule has 0 amide bonds. The minimum Gasteiger partial charge on any atom is -0.611 e. The fourth-order valence-electron chi connectivity index (χ4n) is 5.34. The minimum atomic E-state index is -1.04. The van der Waals surface area contributed by atoms with Gasteiger partial charge in [-0.3, -0.25) is 4.99 Å². The lowest BCUT2D eigenvalue weighted by Crippen LogP contribution is -2.38. The number of aryl methyl sites for hydroxylation is 1. The van der Waals surface area contributed by atoms with Gasteiger partial charge in [-0.05, 0) is 54.6 Å². The Bertz CT molecular complexity index is 1080. The number of fused-ring (bicyclic) bond motifs is 2. The van der Waals surface area contributed by atoms with Gasteiger partial charge in [0.2, 0.25) is 10.8 Å². The average Bonchev–Trinajstić information content (AvgIpc) is 3.43. The Morgan fingerprint density at radius 2 is 1.94 bits per heavy atom. The summed E-state index contributed by atoms with van der Waals surface area (Å²) in [6, 6.07) is 5.29. The lowest BCUT2D eigenvalue weighted by atomic mass is 9.88. The van der Waals surface area contributed by atoms with Crippen molar-refractivity contribution in [1.29, 1.82) is 0 Å². The largest absolute Gasteiger partial charge is 0.611 e. The molecule has 7 nitrogen and oxygen atoms in total. The molecular formula is C24H28FN5O2S. The van der Waals surface area contributed by atoms with Crippen LogP contribution in [0.4, 0.5) is 16.2 Å². The van der Waals surface area contributed by atoms with Crippen molar-refractivity contribution < 1.29 is 13.7 Å². The molecule has 1 aromatic carbocycles. The number of aliphatic imine (C=N–C) groups is 1. The maximum atomic E-state index is 13.8. The quantitative estimate of drug-likeness (QED) is 0.693. The third-order valence-corrected chi connectivity index (χ3v) is 8.63. The van der Waals surface area contributed by atoms with Gasteiger partial charge < -0.3 is 19.5 Å². The number of halogens is 1. The van der Waals surface area contributed by atoms with Gasteiger partial charge in [0.25, 0.3) is 0 Å². The molecule has 9 heteroatoms. The second-order valence-electron chi connectivity index (χ2n) is 9.24. The van der Waals surface area contributed by atoms with Crippen molar-refractivity contribution in [3.8, 4) is 0 Å². The molecule has 1 atom stereocenters. The lowest BCUT2D eigenvalue weighted by Gasteiger charge is -2.33. The zero-order chi connectivity index (χ0) is 22.4. The number of benzene rings is 1. The number of nitrogens with one attached hydrogen (secondary N) is 1. The SMILES string of the molecule is [O-][S+]1CCc2nc(N3CCC(C4=NCc5ccc(F)cc54)CC3)nc(NC3CCOCC3)c21. The first-order chi connectivity index (χ1) is 16.2. The number of hydrogen-bond donors (Lipinski definition) is 1. The van der Waals surface area contributed by atoms with Gasteiger partial charge in [-0.2, -0.15) is 4.98 Å². The van der Waals surface area contributed by atoms with E-state index in [1.807, 2.05) is 6.07 Å². The normalized spacial score (nSPS) is 23.4. The van der Waals surface area contributed by atoms with Gasteiger partial charge in [0.1, 0.15) is 17.3 Å². The van der Waals surface area contributed by atoms with Crippen LogP contribution in [0.25, 0.3) is 0 Å². The number of aromatic nitrogens is 2. The zero-order valence-corrected chi connectivity index (χ0v) is 19.4. The van der Waals surface area contributed by atoms with Crippen LogP contribution in [0.3, 0.4) is 0 Å². The second kappa shape index (κ2) is 8.85. The maximum absolute atomic E-state index is 13.8. The fourth-order valence-corrected chi connectivity index (χ4v) is 6.65. The van der Waals surface area contributed by atoms with Gasteiger partial charge in [0, 0.05) is 56.0 Å². The maximum Gasteiger partial charge on any atom is 0.227 e. The van der Waals surface area contributed by atoms with Crippen molar-refractivity contribution in [3.05, 3.63) is 40.8 Å². The van der Waals surface area contributed by atoms with E-state index >= 15 is 0 Å². The van der Waals surface area contributed by atoms with E-state index in [2.05, 4.69) is 10.2 Å². The summed E-state index contributed by atoms with van der Waals surface area (Å²) in [6.07, 6.45) is 4.45. The Balaban J connectivity index is 1.19. The molecule has 1 N–H and O–H groups in total.